The van der Waals surface area contributed by atoms with Crippen LogP contribution in [0.2, 0.25) is 0 Å². The number of carboxylic acids is 1. The summed E-state index contributed by atoms with van der Waals surface area (Å²) in [5, 5.41) is 9.37. The standard InChI is InChI=1S/C14H20N2O2.2ClH/c1-15-7-9-16(10-8-15)11-13(14(17)18)12-5-3-2-4-6-12;;/h2-6,13H,7-11H2,1H3,(H,17,18);2*1H. The van der Waals surface area contributed by atoms with Crippen molar-refractivity contribution in [3.8, 4) is 0 Å². The summed E-state index contributed by atoms with van der Waals surface area (Å²) >= 11 is 0. The molecule has 1 unspecified atom stereocenters. The van der Waals surface area contributed by atoms with Crippen LogP contribution in [0.15, 0.2) is 30.3 Å². The molecule has 4 nitrogen and oxygen atoms in total. The second-order valence-corrected chi connectivity index (χ2v) is 4.91. The number of halogens is 2. The molecule has 1 heterocycles. The molecule has 0 aliphatic carbocycles. The lowest BCUT2D eigenvalue weighted by atomic mass is 9.98. The fraction of sp³-hybridized carbons (Fsp3) is 0.500. The number of hydrogen-bond acceptors (Lipinski definition) is 3. The fourth-order valence-electron chi connectivity index (χ4n) is 2.30. The third kappa shape index (κ3) is 5.29. The molecule has 20 heavy (non-hydrogen) atoms. The molecule has 114 valence electrons. The molecule has 1 aliphatic heterocycles. The van der Waals surface area contributed by atoms with Crippen molar-refractivity contribution in [2.75, 3.05) is 39.8 Å². The van der Waals surface area contributed by atoms with Gasteiger partial charge in [0.2, 0.25) is 0 Å². The van der Waals surface area contributed by atoms with Crippen LogP contribution >= 0.6 is 24.8 Å². The molecular formula is C14H22Cl2N2O2. The Balaban J connectivity index is 0.00000180. The number of piperazine rings is 1. The van der Waals surface area contributed by atoms with E-state index in [1.165, 1.54) is 0 Å². The Morgan fingerprint density at radius 1 is 1.15 bits per heavy atom. The van der Waals surface area contributed by atoms with Gasteiger partial charge in [-0.05, 0) is 12.6 Å². The Morgan fingerprint density at radius 3 is 2.20 bits per heavy atom. The van der Waals surface area contributed by atoms with Crippen LogP contribution in [-0.2, 0) is 4.79 Å². The van der Waals surface area contributed by atoms with E-state index in [1.54, 1.807) is 0 Å². The van der Waals surface area contributed by atoms with Crippen molar-refractivity contribution in [2.24, 2.45) is 0 Å². The lowest BCUT2D eigenvalue weighted by Crippen LogP contribution is -2.46. The molecule has 1 saturated heterocycles. The molecule has 1 N–H and O–H groups in total. The Kier molecular flexibility index (Phi) is 8.81. The van der Waals surface area contributed by atoms with Crippen LogP contribution in [0.3, 0.4) is 0 Å². The van der Waals surface area contributed by atoms with Crippen molar-refractivity contribution < 1.29 is 9.90 Å². The molecule has 1 atom stereocenters. The number of likely N-dealkylation sites (N-methyl/N-ethyl adjacent to an activating group) is 1. The monoisotopic (exact) mass is 320 g/mol. The molecule has 1 fully saturated rings. The largest absolute Gasteiger partial charge is 0.481 e. The number of rotatable bonds is 4. The van der Waals surface area contributed by atoms with Gasteiger partial charge < -0.3 is 10.0 Å². The molecule has 1 aromatic rings. The average Bonchev–Trinajstić information content (AvgIpc) is 2.38. The maximum absolute atomic E-state index is 11.4. The highest BCUT2D eigenvalue weighted by atomic mass is 35.5. The second kappa shape index (κ2) is 9.19. The summed E-state index contributed by atoms with van der Waals surface area (Å²) in [5.41, 5.74) is 0.893. The first kappa shape index (κ1) is 19.2. The summed E-state index contributed by atoms with van der Waals surface area (Å²) in [6.45, 7) is 4.54. The highest BCUT2D eigenvalue weighted by Crippen LogP contribution is 2.18. The first-order chi connectivity index (χ1) is 8.66. The molecule has 0 radical (unpaired) electrons. The van der Waals surface area contributed by atoms with Gasteiger partial charge in [-0.1, -0.05) is 30.3 Å². The SMILES string of the molecule is CN1CCN(CC(C(=O)O)c2ccccc2)CC1.Cl.Cl. The number of carboxylic acid groups (broad SMARTS) is 1. The Labute approximate surface area is 132 Å². The van der Waals surface area contributed by atoms with Gasteiger partial charge in [0.05, 0.1) is 5.92 Å². The van der Waals surface area contributed by atoms with Crippen molar-refractivity contribution >= 4 is 30.8 Å². The maximum Gasteiger partial charge on any atom is 0.312 e. The summed E-state index contributed by atoms with van der Waals surface area (Å²) in [6, 6.07) is 9.51. The first-order valence-electron chi connectivity index (χ1n) is 6.35. The van der Waals surface area contributed by atoms with Gasteiger partial charge in [0.15, 0.2) is 0 Å². The van der Waals surface area contributed by atoms with E-state index in [2.05, 4.69) is 16.8 Å². The van der Waals surface area contributed by atoms with Gasteiger partial charge in [-0.25, -0.2) is 0 Å². The average molecular weight is 321 g/mol. The lowest BCUT2D eigenvalue weighted by molar-refractivity contribution is -0.139. The fourth-order valence-corrected chi connectivity index (χ4v) is 2.30. The predicted molar refractivity (Wildman–Crippen MR) is 85.3 cm³/mol. The minimum atomic E-state index is -0.736. The van der Waals surface area contributed by atoms with E-state index >= 15 is 0 Å². The zero-order valence-electron chi connectivity index (χ0n) is 11.6. The summed E-state index contributed by atoms with van der Waals surface area (Å²) in [4.78, 5) is 15.9. The van der Waals surface area contributed by atoms with Gasteiger partial charge >= 0.3 is 5.97 Å². The number of aliphatic carboxylic acids is 1. The van der Waals surface area contributed by atoms with Crippen LogP contribution in [0.1, 0.15) is 11.5 Å². The van der Waals surface area contributed by atoms with Crippen LogP contribution < -0.4 is 0 Å². The van der Waals surface area contributed by atoms with Crippen molar-refractivity contribution in [3.05, 3.63) is 35.9 Å². The van der Waals surface area contributed by atoms with Crippen molar-refractivity contribution in [2.45, 2.75) is 5.92 Å². The van der Waals surface area contributed by atoms with Gasteiger partial charge in [0.25, 0.3) is 0 Å². The van der Waals surface area contributed by atoms with Gasteiger partial charge in [0, 0.05) is 32.7 Å². The van der Waals surface area contributed by atoms with E-state index in [0.29, 0.717) is 6.54 Å². The number of carbonyl (C=O) groups is 1. The minimum absolute atomic E-state index is 0. The van der Waals surface area contributed by atoms with Crippen molar-refractivity contribution in [3.63, 3.8) is 0 Å². The van der Waals surface area contributed by atoms with E-state index in [9.17, 15) is 9.90 Å². The Hall–Kier alpha value is -0.810. The molecule has 1 aromatic carbocycles. The van der Waals surface area contributed by atoms with E-state index in [-0.39, 0.29) is 24.8 Å². The topological polar surface area (TPSA) is 43.8 Å². The molecule has 6 heteroatoms. The van der Waals surface area contributed by atoms with Gasteiger partial charge in [0.1, 0.15) is 0 Å². The predicted octanol–water partition coefficient (Wildman–Crippen LogP) is 1.95. The zero-order chi connectivity index (χ0) is 13.0. The van der Waals surface area contributed by atoms with E-state index in [0.717, 1.165) is 31.7 Å². The first-order valence-corrected chi connectivity index (χ1v) is 6.35. The van der Waals surface area contributed by atoms with Gasteiger partial charge in [-0.2, -0.15) is 0 Å². The van der Waals surface area contributed by atoms with Crippen LogP contribution in [0.5, 0.6) is 0 Å². The molecule has 1 aliphatic rings. The third-order valence-electron chi connectivity index (χ3n) is 3.54. The highest BCUT2D eigenvalue weighted by molar-refractivity contribution is 5.85. The Bertz CT molecular complexity index is 395. The smallest absolute Gasteiger partial charge is 0.312 e. The summed E-state index contributed by atoms with van der Waals surface area (Å²) in [5.74, 6) is -1.16. The minimum Gasteiger partial charge on any atom is -0.481 e. The normalized spacial score (nSPS) is 17.6. The van der Waals surface area contributed by atoms with Crippen LogP contribution in [0.4, 0.5) is 0 Å². The van der Waals surface area contributed by atoms with Crippen LogP contribution in [0, 0.1) is 0 Å². The Morgan fingerprint density at radius 2 is 1.70 bits per heavy atom. The summed E-state index contributed by atoms with van der Waals surface area (Å²) in [6.07, 6.45) is 0. The number of benzene rings is 1. The van der Waals surface area contributed by atoms with Crippen molar-refractivity contribution in [1.29, 1.82) is 0 Å². The third-order valence-corrected chi connectivity index (χ3v) is 3.54. The highest BCUT2D eigenvalue weighted by Gasteiger charge is 2.24. The van der Waals surface area contributed by atoms with Gasteiger partial charge in [-0.15, -0.1) is 24.8 Å². The van der Waals surface area contributed by atoms with E-state index in [4.69, 9.17) is 0 Å². The van der Waals surface area contributed by atoms with Crippen molar-refractivity contribution in [1.82, 2.24) is 9.80 Å². The van der Waals surface area contributed by atoms with E-state index < -0.39 is 11.9 Å². The maximum atomic E-state index is 11.4. The molecule has 2 rings (SSSR count). The van der Waals surface area contributed by atoms with Crippen LogP contribution in [0.25, 0.3) is 0 Å². The van der Waals surface area contributed by atoms with Gasteiger partial charge in [-0.3, -0.25) is 9.69 Å². The molecule has 0 amide bonds. The summed E-state index contributed by atoms with van der Waals surface area (Å²) in [7, 11) is 2.10. The number of nitrogens with zero attached hydrogens (tertiary/aromatic N) is 2. The second-order valence-electron chi connectivity index (χ2n) is 4.91. The lowest BCUT2D eigenvalue weighted by Gasteiger charge is -2.33. The van der Waals surface area contributed by atoms with E-state index in [1.807, 2.05) is 30.3 Å². The molecule has 0 saturated carbocycles. The summed E-state index contributed by atoms with van der Waals surface area (Å²) < 4.78 is 0. The molecule has 0 aromatic heterocycles. The quantitative estimate of drug-likeness (QED) is 0.920. The molecule has 0 spiro atoms. The molecule has 0 bridgehead atoms. The zero-order valence-corrected chi connectivity index (χ0v) is 13.2. The number of hydrogen-bond donors (Lipinski definition) is 1. The van der Waals surface area contributed by atoms with Crippen LogP contribution in [-0.4, -0.2) is 60.6 Å². The molecular weight excluding hydrogens is 299 g/mol.